The molecule has 0 aliphatic heterocycles. The second kappa shape index (κ2) is 8.53. The van der Waals surface area contributed by atoms with Crippen LogP contribution in [0.4, 0.5) is 5.69 Å². The van der Waals surface area contributed by atoms with E-state index < -0.39 is 0 Å². The lowest BCUT2D eigenvalue weighted by Gasteiger charge is -2.12. The smallest absolute Gasteiger partial charge is 0.259 e. The molecule has 30 heavy (non-hydrogen) atoms. The Bertz CT molecular complexity index is 1180. The van der Waals surface area contributed by atoms with Crippen LogP contribution in [-0.2, 0) is 0 Å². The van der Waals surface area contributed by atoms with Crippen molar-refractivity contribution in [2.75, 3.05) is 12.4 Å². The number of aromatic nitrogens is 3. The molecule has 0 saturated heterocycles. The van der Waals surface area contributed by atoms with Crippen molar-refractivity contribution in [3.63, 3.8) is 0 Å². The molecule has 6 nitrogen and oxygen atoms in total. The van der Waals surface area contributed by atoms with Crippen molar-refractivity contribution in [2.45, 2.75) is 6.92 Å². The van der Waals surface area contributed by atoms with Crippen LogP contribution in [0.15, 0.2) is 79.3 Å². The molecule has 0 bridgehead atoms. The molecule has 2 heterocycles. The summed E-state index contributed by atoms with van der Waals surface area (Å²) in [7, 11) is 1.58. The monoisotopic (exact) mass is 396 g/mol. The van der Waals surface area contributed by atoms with Crippen LogP contribution < -0.4 is 10.1 Å². The number of amides is 1. The van der Waals surface area contributed by atoms with Crippen LogP contribution in [0.3, 0.4) is 0 Å². The van der Waals surface area contributed by atoms with Gasteiger partial charge in [0.15, 0.2) is 5.82 Å². The van der Waals surface area contributed by atoms with Gasteiger partial charge in [0.1, 0.15) is 5.75 Å². The molecule has 0 saturated carbocycles. The number of carbonyl (C=O) groups excluding carboxylic acids is 1. The zero-order valence-corrected chi connectivity index (χ0v) is 16.7. The van der Waals surface area contributed by atoms with Gasteiger partial charge >= 0.3 is 0 Å². The van der Waals surface area contributed by atoms with E-state index in [4.69, 9.17) is 9.72 Å². The molecular weight excluding hydrogens is 376 g/mol. The lowest BCUT2D eigenvalue weighted by atomic mass is 10.1. The third-order valence-electron chi connectivity index (χ3n) is 4.62. The molecule has 0 aliphatic rings. The molecule has 0 fully saturated rings. The van der Waals surface area contributed by atoms with Gasteiger partial charge in [-0.2, -0.15) is 0 Å². The standard InChI is InChI=1S/C24H20N4O2/c1-16-6-8-18(9-7-16)23-26-15-21(22(28-23)17-10-12-25-13-11-17)24(29)27-19-4-3-5-20(14-19)30-2/h3-15H,1-2H3,(H,27,29). The summed E-state index contributed by atoms with van der Waals surface area (Å²) in [6.45, 7) is 2.03. The van der Waals surface area contributed by atoms with Crippen LogP contribution >= 0.6 is 0 Å². The molecule has 0 radical (unpaired) electrons. The van der Waals surface area contributed by atoms with Crippen LogP contribution in [0.1, 0.15) is 15.9 Å². The van der Waals surface area contributed by atoms with Crippen LogP contribution in [0, 0.1) is 6.92 Å². The molecular formula is C24H20N4O2. The quantitative estimate of drug-likeness (QED) is 0.526. The van der Waals surface area contributed by atoms with E-state index in [1.165, 1.54) is 0 Å². The average Bonchev–Trinajstić information content (AvgIpc) is 2.80. The van der Waals surface area contributed by atoms with Crippen molar-refractivity contribution < 1.29 is 9.53 Å². The van der Waals surface area contributed by atoms with Gasteiger partial charge in [0.05, 0.1) is 18.4 Å². The molecule has 2 aromatic carbocycles. The number of ether oxygens (including phenoxy) is 1. The third kappa shape index (κ3) is 4.17. The van der Waals surface area contributed by atoms with Crippen molar-refractivity contribution in [1.82, 2.24) is 15.0 Å². The molecule has 0 aliphatic carbocycles. The zero-order valence-electron chi connectivity index (χ0n) is 16.7. The fourth-order valence-electron chi connectivity index (χ4n) is 3.02. The van der Waals surface area contributed by atoms with Crippen molar-refractivity contribution >= 4 is 11.6 Å². The molecule has 1 amide bonds. The van der Waals surface area contributed by atoms with Crippen molar-refractivity contribution in [3.05, 3.63) is 90.4 Å². The number of nitrogens with zero attached hydrogens (tertiary/aromatic N) is 3. The number of pyridine rings is 1. The Labute approximate surface area is 174 Å². The van der Waals surface area contributed by atoms with Crippen LogP contribution in [0.25, 0.3) is 22.6 Å². The molecule has 4 aromatic rings. The molecule has 1 N–H and O–H groups in total. The highest BCUT2D eigenvalue weighted by molar-refractivity contribution is 6.08. The van der Waals surface area contributed by atoms with E-state index in [-0.39, 0.29) is 5.91 Å². The first-order valence-electron chi connectivity index (χ1n) is 9.44. The number of anilines is 1. The van der Waals surface area contributed by atoms with Crippen LogP contribution in [-0.4, -0.2) is 28.0 Å². The highest BCUT2D eigenvalue weighted by Gasteiger charge is 2.17. The fourth-order valence-corrected chi connectivity index (χ4v) is 3.02. The Hall–Kier alpha value is -4.06. The first-order chi connectivity index (χ1) is 14.6. The van der Waals surface area contributed by atoms with Gasteiger partial charge in [-0.25, -0.2) is 9.97 Å². The summed E-state index contributed by atoms with van der Waals surface area (Å²) < 4.78 is 5.23. The van der Waals surface area contributed by atoms with Gasteiger partial charge in [0.2, 0.25) is 0 Å². The lowest BCUT2D eigenvalue weighted by Crippen LogP contribution is -2.15. The summed E-state index contributed by atoms with van der Waals surface area (Å²) >= 11 is 0. The third-order valence-corrected chi connectivity index (χ3v) is 4.62. The molecule has 6 heteroatoms. The predicted octanol–water partition coefficient (Wildman–Crippen LogP) is 4.77. The number of aryl methyl sites for hydroxylation is 1. The summed E-state index contributed by atoms with van der Waals surface area (Å²) in [5.74, 6) is 0.915. The van der Waals surface area contributed by atoms with Crippen molar-refractivity contribution in [2.24, 2.45) is 0 Å². The Morgan fingerprint density at radius 3 is 2.47 bits per heavy atom. The normalized spacial score (nSPS) is 10.5. The Morgan fingerprint density at radius 1 is 0.967 bits per heavy atom. The van der Waals surface area contributed by atoms with E-state index >= 15 is 0 Å². The number of hydrogen-bond donors (Lipinski definition) is 1. The second-order valence-electron chi connectivity index (χ2n) is 6.74. The Balaban J connectivity index is 1.74. The first kappa shape index (κ1) is 19.3. The summed E-state index contributed by atoms with van der Waals surface area (Å²) in [5, 5.41) is 2.90. The second-order valence-corrected chi connectivity index (χ2v) is 6.74. The fraction of sp³-hybridized carbons (Fsp3) is 0.0833. The minimum absolute atomic E-state index is 0.300. The summed E-state index contributed by atoms with van der Waals surface area (Å²) in [4.78, 5) is 26.3. The first-order valence-corrected chi connectivity index (χ1v) is 9.44. The topological polar surface area (TPSA) is 77.0 Å². The van der Waals surface area contributed by atoms with E-state index in [9.17, 15) is 4.79 Å². The molecule has 148 valence electrons. The number of hydrogen-bond acceptors (Lipinski definition) is 5. The van der Waals surface area contributed by atoms with Gasteiger partial charge in [-0.1, -0.05) is 35.9 Å². The van der Waals surface area contributed by atoms with Crippen LogP contribution in [0.5, 0.6) is 5.75 Å². The van der Waals surface area contributed by atoms with E-state index in [1.54, 1.807) is 37.8 Å². The van der Waals surface area contributed by atoms with E-state index in [2.05, 4.69) is 15.3 Å². The van der Waals surface area contributed by atoms with Crippen molar-refractivity contribution in [3.8, 4) is 28.4 Å². The van der Waals surface area contributed by atoms with E-state index in [0.717, 1.165) is 16.7 Å². The summed E-state index contributed by atoms with van der Waals surface area (Å²) in [6.07, 6.45) is 4.91. The summed E-state index contributed by atoms with van der Waals surface area (Å²) in [5.41, 5.74) is 4.38. The average molecular weight is 396 g/mol. The van der Waals surface area contributed by atoms with Crippen LogP contribution in [0.2, 0.25) is 0 Å². The molecule has 0 unspecified atom stereocenters. The number of benzene rings is 2. The molecule has 2 aromatic heterocycles. The minimum atomic E-state index is -0.300. The number of nitrogens with one attached hydrogen (secondary N) is 1. The predicted molar refractivity (Wildman–Crippen MR) is 116 cm³/mol. The van der Waals surface area contributed by atoms with Gasteiger partial charge in [-0.05, 0) is 31.2 Å². The number of methoxy groups -OCH3 is 1. The highest BCUT2D eigenvalue weighted by Crippen LogP contribution is 2.26. The van der Waals surface area contributed by atoms with Crippen molar-refractivity contribution in [1.29, 1.82) is 0 Å². The van der Waals surface area contributed by atoms with E-state index in [1.807, 2.05) is 55.5 Å². The van der Waals surface area contributed by atoms with Gasteiger partial charge in [0.25, 0.3) is 5.91 Å². The lowest BCUT2D eigenvalue weighted by molar-refractivity contribution is 0.102. The number of carbonyl (C=O) groups is 1. The Kier molecular flexibility index (Phi) is 5.48. The SMILES string of the molecule is COc1cccc(NC(=O)c2cnc(-c3ccc(C)cc3)nc2-c2ccncc2)c1. The van der Waals surface area contributed by atoms with Gasteiger partial charge in [-0.15, -0.1) is 0 Å². The Morgan fingerprint density at radius 2 is 1.73 bits per heavy atom. The largest absolute Gasteiger partial charge is 0.497 e. The molecule has 0 atom stereocenters. The molecule has 4 rings (SSSR count). The zero-order chi connectivity index (χ0) is 20.9. The van der Waals surface area contributed by atoms with E-state index in [0.29, 0.717) is 28.5 Å². The maximum absolute atomic E-state index is 13.1. The number of rotatable bonds is 5. The highest BCUT2D eigenvalue weighted by atomic mass is 16.5. The maximum Gasteiger partial charge on any atom is 0.259 e. The van der Waals surface area contributed by atoms with Gasteiger partial charge in [0, 0.05) is 41.5 Å². The molecule has 0 spiro atoms. The van der Waals surface area contributed by atoms with Gasteiger partial charge < -0.3 is 10.1 Å². The minimum Gasteiger partial charge on any atom is -0.497 e. The maximum atomic E-state index is 13.1. The summed E-state index contributed by atoms with van der Waals surface area (Å²) in [6, 6.07) is 18.8. The van der Waals surface area contributed by atoms with Gasteiger partial charge in [-0.3, -0.25) is 9.78 Å².